The minimum atomic E-state index is -3.75. The maximum absolute atomic E-state index is 12.4. The van der Waals surface area contributed by atoms with Crippen LogP contribution in [0.2, 0.25) is 0 Å². The first kappa shape index (κ1) is 19.9. The highest BCUT2D eigenvalue weighted by Crippen LogP contribution is 2.26. The maximum Gasteiger partial charge on any atom is 0.263 e. The number of hydrogen-bond donors (Lipinski definition) is 3. The fraction of sp³-hybridized carbons (Fsp3) is 0. The molecule has 0 radical (unpaired) electrons. The summed E-state index contributed by atoms with van der Waals surface area (Å²) < 4.78 is 32.9. The van der Waals surface area contributed by atoms with Crippen molar-refractivity contribution < 1.29 is 22.4 Å². The molecule has 0 unspecified atom stereocenters. The maximum atomic E-state index is 12.4. The highest BCUT2D eigenvalue weighted by Gasteiger charge is 2.26. The molecule has 152 valence electrons. The van der Waals surface area contributed by atoms with Crippen molar-refractivity contribution in [3.05, 3.63) is 59.3 Å². The van der Waals surface area contributed by atoms with E-state index >= 15 is 0 Å². The van der Waals surface area contributed by atoms with Crippen LogP contribution < -0.4 is 15.4 Å². The number of rotatable bonds is 5. The lowest BCUT2D eigenvalue weighted by Gasteiger charge is -2.15. The van der Waals surface area contributed by atoms with Crippen LogP contribution in [0.25, 0.3) is 17.4 Å². The van der Waals surface area contributed by atoms with E-state index in [4.69, 9.17) is 16.6 Å². The second-order valence-corrected chi connectivity index (χ2v) is 8.95. The molecule has 3 aromatic rings. The normalized spacial score (nSPS) is 14.3. The first-order valence-corrected chi connectivity index (χ1v) is 11.1. The lowest BCUT2D eigenvalue weighted by molar-refractivity contribution is -0.123. The van der Waals surface area contributed by atoms with Crippen LogP contribution >= 0.6 is 23.6 Å². The topological polar surface area (TPSA) is 130 Å². The summed E-state index contributed by atoms with van der Waals surface area (Å²) in [5.41, 5.74) is 0.478. The molecule has 3 heterocycles. The van der Waals surface area contributed by atoms with Crippen molar-refractivity contribution in [1.82, 2.24) is 15.6 Å². The predicted octanol–water partition coefficient (Wildman–Crippen LogP) is 2.12. The molecule has 1 aliphatic heterocycles. The molecule has 2 aromatic heterocycles. The van der Waals surface area contributed by atoms with Gasteiger partial charge < -0.3 is 4.42 Å². The Balaban J connectivity index is 1.54. The average molecular weight is 461 g/mol. The lowest BCUT2D eigenvalue weighted by atomic mass is 10.1. The second-order valence-electron chi connectivity index (χ2n) is 5.96. The van der Waals surface area contributed by atoms with Gasteiger partial charge in [-0.05, 0) is 54.7 Å². The average Bonchev–Trinajstić information content (AvgIpc) is 3.36. The lowest BCUT2D eigenvalue weighted by Crippen LogP contribution is -2.51. The third kappa shape index (κ3) is 4.15. The molecule has 0 atom stereocenters. The number of carbonyl (C=O) groups excluding carboxylic acids is 2. The molecule has 2 amide bonds. The molecule has 30 heavy (non-hydrogen) atoms. The van der Waals surface area contributed by atoms with Gasteiger partial charge in [0.25, 0.3) is 21.8 Å². The Labute approximate surface area is 179 Å². The van der Waals surface area contributed by atoms with Crippen molar-refractivity contribution in [2.45, 2.75) is 4.90 Å². The summed E-state index contributed by atoms with van der Waals surface area (Å²) in [5.74, 6) is -0.529. The van der Waals surface area contributed by atoms with Crippen LogP contribution in [-0.4, -0.2) is 30.3 Å². The summed E-state index contributed by atoms with van der Waals surface area (Å²) in [7, 11) is -3.75. The van der Waals surface area contributed by atoms with E-state index < -0.39 is 21.8 Å². The minimum absolute atomic E-state index is 0.0540. The van der Waals surface area contributed by atoms with Gasteiger partial charge in [-0.3, -0.25) is 24.9 Å². The summed E-state index contributed by atoms with van der Waals surface area (Å²) >= 11 is 5.93. The van der Waals surface area contributed by atoms with Crippen LogP contribution in [0.1, 0.15) is 5.76 Å². The van der Waals surface area contributed by atoms with Crippen molar-refractivity contribution in [2.75, 3.05) is 4.72 Å². The third-order valence-corrected chi connectivity index (χ3v) is 6.34. The van der Waals surface area contributed by atoms with Crippen molar-refractivity contribution in [3.63, 3.8) is 0 Å². The third-order valence-electron chi connectivity index (χ3n) is 3.96. The van der Waals surface area contributed by atoms with Gasteiger partial charge in [0, 0.05) is 17.1 Å². The molecular weight excluding hydrogens is 448 g/mol. The van der Waals surface area contributed by atoms with Gasteiger partial charge in [0.2, 0.25) is 0 Å². The largest absolute Gasteiger partial charge is 0.457 e. The number of hydrogen-bond acceptors (Lipinski definition) is 8. The van der Waals surface area contributed by atoms with Gasteiger partial charge in [0.15, 0.2) is 10.2 Å². The summed E-state index contributed by atoms with van der Waals surface area (Å²) in [5, 5.41) is 6.57. The van der Waals surface area contributed by atoms with E-state index in [1.165, 1.54) is 35.7 Å². The molecule has 1 saturated heterocycles. The fourth-order valence-corrected chi connectivity index (χ4v) is 4.55. The minimum Gasteiger partial charge on any atom is -0.457 e. The molecule has 9 nitrogen and oxygen atoms in total. The summed E-state index contributed by atoms with van der Waals surface area (Å²) in [6.45, 7) is 0. The van der Waals surface area contributed by atoms with Crippen LogP contribution in [0.5, 0.6) is 0 Å². The number of thiocarbonyl (C=S) groups is 1. The SMILES string of the molecule is O=C1NC(=S)NC(=O)C1=Cc1ccc(-c2ccc(S(=O)(=O)Nc3nccs3)cc2)o1. The number of anilines is 1. The quantitative estimate of drug-likeness (QED) is 0.302. The molecular formula is C18H12N4O5S3. The highest BCUT2D eigenvalue weighted by molar-refractivity contribution is 7.93. The van der Waals surface area contributed by atoms with E-state index in [0.717, 1.165) is 0 Å². The number of amides is 2. The number of aromatic nitrogens is 1. The fourth-order valence-electron chi connectivity index (χ4n) is 2.58. The first-order chi connectivity index (χ1) is 14.3. The smallest absolute Gasteiger partial charge is 0.263 e. The molecule has 0 saturated carbocycles. The number of nitrogens with one attached hydrogen (secondary N) is 3. The Morgan fingerprint density at radius 2 is 1.77 bits per heavy atom. The van der Waals surface area contributed by atoms with Crippen molar-refractivity contribution >= 4 is 61.7 Å². The van der Waals surface area contributed by atoms with Gasteiger partial charge in [-0.15, -0.1) is 11.3 Å². The monoisotopic (exact) mass is 460 g/mol. The van der Waals surface area contributed by atoms with E-state index in [-0.39, 0.29) is 26.5 Å². The van der Waals surface area contributed by atoms with E-state index in [0.29, 0.717) is 11.3 Å². The van der Waals surface area contributed by atoms with Gasteiger partial charge in [-0.2, -0.15) is 0 Å². The Bertz CT molecular complexity index is 1250. The Kier molecular flexibility index (Phi) is 5.20. The Morgan fingerprint density at radius 3 is 2.40 bits per heavy atom. The molecule has 1 fully saturated rings. The first-order valence-electron chi connectivity index (χ1n) is 8.33. The number of thiazole rings is 1. The van der Waals surface area contributed by atoms with Gasteiger partial charge in [-0.1, -0.05) is 0 Å². The molecule has 1 aromatic carbocycles. The van der Waals surface area contributed by atoms with Gasteiger partial charge in [0.1, 0.15) is 17.1 Å². The van der Waals surface area contributed by atoms with E-state index in [1.807, 2.05) is 0 Å². The summed E-state index contributed by atoms with van der Waals surface area (Å²) in [4.78, 5) is 27.8. The van der Waals surface area contributed by atoms with E-state index in [9.17, 15) is 18.0 Å². The van der Waals surface area contributed by atoms with Crippen LogP contribution in [0.4, 0.5) is 5.13 Å². The van der Waals surface area contributed by atoms with E-state index in [2.05, 4.69) is 20.3 Å². The number of furan rings is 1. The second kappa shape index (κ2) is 7.82. The van der Waals surface area contributed by atoms with Gasteiger partial charge >= 0.3 is 0 Å². The molecule has 0 bridgehead atoms. The number of nitrogens with zero attached hydrogens (tertiary/aromatic N) is 1. The van der Waals surface area contributed by atoms with Crippen LogP contribution in [0, 0.1) is 0 Å². The molecule has 0 aliphatic carbocycles. The molecule has 0 spiro atoms. The van der Waals surface area contributed by atoms with E-state index in [1.54, 1.807) is 29.6 Å². The van der Waals surface area contributed by atoms with Gasteiger partial charge in [-0.25, -0.2) is 13.4 Å². The van der Waals surface area contributed by atoms with Crippen molar-refractivity contribution in [3.8, 4) is 11.3 Å². The zero-order valence-corrected chi connectivity index (χ0v) is 17.4. The highest BCUT2D eigenvalue weighted by atomic mass is 32.2. The number of sulfonamides is 1. The summed E-state index contributed by atoms with van der Waals surface area (Å²) in [6, 6.07) is 9.29. The standard InChI is InChI=1S/C18H12N4O5S3/c23-15-13(16(24)21-17(28)20-15)9-11-3-6-14(27-11)10-1-4-12(5-2-10)30(25,26)22-18-19-7-8-29-18/h1-9H,(H,19,22)(H2,20,21,23,24,28). The summed E-state index contributed by atoms with van der Waals surface area (Å²) in [6.07, 6.45) is 2.80. The van der Waals surface area contributed by atoms with Gasteiger partial charge in [0.05, 0.1) is 4.90 Å². The van der Waals surface area contributed by atoms with Crippen molar-refractivity contribution in [2.24, 2.45) is 0 Å². The predicted molar refractivity (Wildman–Crippen MR) is 114 cm³/mol. The Morgan fingerprint density at radius 1 is 1.07 bits per heavy atom. The molecule has 12 heteroatoms. The molecule has 3 N–H and O–H groups in total. The zero-order valence-electron chi connectivity index (χ0n) is 14.9. The van der Waals surface area contributed by atoms with Crippen molar-refractivity contribution in [1.29, 1.82) is 0 Å². The van der Waals surface area contributed by atoms with Crippen LogP contribution in [-0.2, 0) is 19.6 Å². The molecule has 1 aliphatic rings. The Hall–Kier alpha value is -3.35. The van der Waals surface area contributed by atoms with Crippen LogP contribution in [0.15, 0.2) is 62.9 Å². The zero-order chi connectivity index (χ0) is 21.3. The van der Waals surface area contributed by atoms with Crippen LogP contribution in [0.3, 0.4) is 0 Å². The molecule has 4 rings (SSSR count). The number of benzene rings is 1. The number of carbonyl (C=O) groups is 2.